The van der Waals surface area contributed by atoms with Crippen molar-refractivity contribution in [2.45, 2.75) is 85.2 Å². The number of nitrogens with zero attached hydrogens (tertiary/aromatic N) is 1. The van der Waals surface area contributed by atoms with Gasteiger partial charge in [-0.2, -0.15) is 0 Å². The van der Waals surface area contributed by atoms with Gasteiger partial charge in [0, 0.05) is 0 Å². The number of unbranched alkanes of at least 4 members (excludes halogenated alkanes) is 4. The van der Waals surface area contributed by atoms with Gasteiger partial charge in [-0.15, -0.1) is 0 Å². The smallest absolute Gasteiger partial charge is 0.183 e. The second-order valence-corrected chi connectivity index (χ2v) is 8.73. The van der Waals surface area contributed by atoms with Crippen LogP contribution in [0.15, 0.2) is 0 Å². The first kappa shape index (κ1) is 23.2. The zero-order valence-corrected chi connectivity index (χ0v) is 17.4. The summed E-state index contributed by atoms with van der Waals surface area (Å²) >= 11 is 0. The Kier molecular flexibility index (Phi) is 11.8. The predicted molar refractivity (Wildman–Crippen MR) is 96.8 cm³/mol. The standard InChI is InChI=1S/C20H42NO.ClH/c1-7-8-9-10-11-14-21(5,6)16-22-20-15-18(4)12-13-19(20)17(2)3;/h17-20H,7-16H2,1-6H3;1H/q+1;/p-1/t18-,19+,20-;/m1./s1. The Hall–Kier alpha value is 0.210. The molecule has 1 aliphatic carbocycles. The molecule has 0 aliphatic heterocycles. The van der Waals surface area contributed by atoms with Gasteiger partial charge in [-0.25, -0.2) is 0 Å². The molecule has 0 amide bonds. The van der Waals surface area contributed by atoms with Crippen molar-refractivity contribution >= 4 is 0 Å². The molecule has 2 nitrogen and oxygen atoms in total. The molecule has 1 rings (SSSR count). The highest BCUT2D eigenvalue weighted by atomic mass is 35.5. The maximum atomic E-state index is 6.44. The van der Waals surface area contributed by atoms with Gasteiger partial charge in [-0.3, -0.25) is 0 Å². The van der Waals surface area contributed by atoms with E-state index in [1.54, 1.807) is 0 Å². The van der Waals surface area contributed by atoms with Crippen LogP contribution in [-0.4, -0.2) is 38.0 Å². The Morgan fingerprint density at radius 3 is 2.30 bits per heavy atom. The Balaban J connectivity index is 0.00000484. The van der Waals surface area contributed by atoms with Crippen molar-refractivity contribution in [1.82, 2.24) is 0 Å². The fourth-order valence-corrected chi connectivity index (χ4v) is 3.81. The van der Waals surface area contributed by atoms with Crippen LogP contribution in [0.5, 0.6) is 0 Å². The van der Waals surface area contributed by atoms with Crippen LogP contribution in [0.25, 0.3) is 0 Å². The van der Waals surface area contributed by atoms with Crippen molar-refractivity contribution in [3.63, 3.8) is 0 Å². The van der Waals surface area contributed by atoms with Gasteiger partial charge in [0.15, 0.2) is 6.73 Å². The highest BCUT2D eigenvalue weighted by molar-refractivity contribution is 4.81. The maximum absolute atomic E-state index is 6.44. The van der Waals surface area contributed by atoms with Crippen molar-refractivity contribution in [1.29, 1.82) is 0 Å². The molecule has 0 unspecified atom stereocenters. The highest BCUT2D eigenvalue weighted by Crippen LogP contribution is 2.35. The van der Waals surface area contributed by atoms with Gasteiger partial charge in [0.1, 0.15) is 0 Å². The van der Waals surface area contributed by atoms with E-state index in [4.69, 9.17) is 4.74 Å². The summed E-state index contributed by atoms with van der Waals surface area (Å²) in [7, 11) is 4.66. The maximum Gasteiger partial charge on any atom is 0.183 e. The molecular formula is C20H42ClNO. The summed E-state index contributed by atoms with van der Waals surface area (Å²) < 4.78 is 7.46. The van der Waals surface area contributed by atoms with Crippen molar-refractivity contribution in [3.8, 4) is 0 Å². The molecule has 3 atom stereocenters. The molecule has 1 aliphatic rings. The number of ether oxygens (including phenoxy) is 1. The molecule has 1 saturated carbocycles. The molecule has 3 heteroatoms. The quantitative estimate of drug-likeness (QED) is 0.335. The van der Waals surface area contributed by atoms with Gasteiger partial charge in [-0.1, -0.05) is 53.4 Å². The lowest BCUT2D eigenvalue weighted by molar-refractivity contribution is -0.911. The summed E-state index contributed by atoms with van der Waals surface area (Å²) in [5, 5.41) is 0. The summed E-state index contributed by atoms with van der Waals surface area (Å²) in [6.07, 6.45) is 11.3. The summed E-state index contributed by atoms with van der Waals surface area (Å²) in [4.78, 5) is 0. The predicted octanol–water partition coefficient (Wildman–Crippen LogP) is 2.47. The van der Waals surface area contributed by atoms with Gasteiger partial charge in [0.05, 0.1) is 26.7 Å². The Labute approximate surface area is 152 Å². The molecule has 0 heterocycles. The second kappa shape index (κ2) is 11.7. The molecule has 23 heavy (non-hydrogen) atoms. The van der Waals surface area contributed by atoms with Gasteiger partial charge in [0.2, 0.25) is 0 Å². The zero-order valence-electron chi connectivity index (χ0n) is 16.6. The van der Waals surface area contributed by atoms with Crippen molar-refractivity contribution in [2.24, 2.45) is 17.8 Å². The monoisotopic (exact) mass is 347 g/mol. The van der Waals surface area contributed by atoms with Crippen molar-refractivity contribution < 1.29 is 21.6 Å². The lowest BCUT2D eigenvalue weighted by Gasteiger charge is -2.39. The first-order chi connectivity index (χ1) is 10.4. The average Bonchev–Trinajstić information content (AvgIpc) is 2.44. The number of quaternary nitrogens is 1. The average molecular weight is 348 g/mol. The van der Waals surface area contributed by atoms with Crippen LogP contribution >= 0.6 is 0 Å². The number of hydrogen-bond acceptors (Lipinski definition) is 1. The van der Waals surface area contributed by atoms with Crippen LogP contribution in [0.4, 0.5) is 0 Å². The van der Waals surface area contributed by atoms with E-state index in [0.717, 1.165) is 29.0 Å². The minimum atomic E-state index is 0. The van der Waals surface area contributed by atoms with E-state index in [2.05, 4.69) is 41.8 Å². The SMILES string of the molecule is CCCCCCC[N+](C)(C)CO[C@@H]1C[C@H](C)CC[C@H]1C(C)C.[Cl-]. The van der Waals surface area contributed by atoms with E-state index in [0.29, 0.717) is 6.10 Å². The number of rotatable bonds is 10. The molecule has 0 N–H and O–H groups in total. The van der Waals surface area contributed by atoms with E-state index in [1.807, 2.05) is 0 Å². The molecule has 140 valence electrons. The summed E-state index contributed by atoms with van der Waals surface area (Å²) in [6, 6.07) is 0. The van der Waals surface area contributed by atoms with Crippen molar-refractivity contribution in [3.05, 3.63) is 0 Å². The summed E-state index contributed by atoms with van der Waals surface area (Å²) in [5.74, 6) is 2.35. The van der Waals surface area contributed by atoms with E-state index in [1.165, 1.54) is 57.9 Å². The van der Waals surface area contributed by atoms with Crippen molar-refractivity contribution in [2.75, 3.05) is 27.4 Å². The molecule has 0 aromatic carbocycles. The molecule has 0 bridgehead atoms. The fourth-order valence-electron chi connectivity index (χ4n) is 3.81. The van der Waals surface area contributed by atoms with E-state index >= 15 is 0 Å². The third-order valence-electron chi connectivity index (χ3n) is 5.47. The Bertz CT molecular complexity index is 293. The minimum absolute atomic E-state index is 0. The van der Waals surface area contributed by atoms with Crippen LogP contribution in [0.3, 0.4) is 0 Å². The van der Waals surface area contributed by atoms with E-state index in [9.17, 15) is 0 Å². The first-order valence-corrected chi connectivity index (χ1v) is 9.79. The molecular weight excluding hydrogens is 306 g/mol. The van der Waals surface area contributed by atoms with E-state index < -0.39 is 0 Å². The fraction of sp³-hybridized carbons (Fsp3) is 1.00. The largest absolute Gasteiger partial charge is 1.00 e. The molecule has 0 aromatic heterocycles. The third kappa shape index (κ3) is 9.31. The lowest BCUT2D eigenvalue weighted by atomic mass is 9.75. The van der Waals surface area contributed by atoms with Crippen LogP contribution < -0.4 is 12.4 Å². The van der Waals surface area contributed by atoms with Crippen LogP contribution in [0.1, 0.15) is 79.1 Å². The topological polar surface area (TPSA) is 9.23 Å². The van der Waals surface area contributed by atoms with Crippen LogP contribution in [-0.2, 0) is 4.74 Å². The third-order valence-corrected chi connectivity index (χ3v) is 5.47. The molecule has 0 saturated heterocycles. The number of halogens is 1. The molecule has 1 fully saturated rings. The first-order valence-electron chi connectivity index (χ1n) is 9.79. The van der Waals surface area contributed by atoms with Crippen LogP contribution in [0, 0.1) is 17.8 Å². The Morgan fingerprint density at radius 2 is 1.70 bits per heavy atom. The molecule has 0 spiro atoms. The van der Waals surface area contributed by atoms with Gasteiger partial charge >= 0.3 is 0 Å². The van der Waals surface area contributed by atoms with Crippen LogP contribution in [0.2, 0.25) is 0 Å². The Morgan fingerprint density at radius 1 is 1.04 bits per heavy atom. The molecule has 0 radical (unpaired) electrons. The highest BCUT2D eigenvalue weighted by Gasteiger charge is 2.32. The van der Waals surface area contributed by atoms with Gasteiger partial charge in [-0.05, 0) is 43.4 Å². The van der Waals surface area contributed by atoms with E-state index in [-0.39, 0.29) is 12.4 Å². The lowest BCUT2D eigenvalue weighted by Crippen LogP contribution is -3.00. The van der Waals surface area contributed by atoms with Gasteiger partial charge < -0.3 is 21.6 Å². The second-order valence-electron chi connectivity index (χ2n) is 8.73. The number of hydrogen-bond donors (Lipinski definition) is 0. The van der Waals surface area contributed by atoms with Gasteiger partial charge in [0.25, 0.3) is 0 Å². The summed E-state index contributed by atoms with van der Waals surface area (Å²) in [5.41, 5.74) is 0. The normalized spacial score (nSPS) is 25.4. The minimum Gasteiger partial charge on any atom is -1.00 e. The summed E-state index contributed by atoms with van der Waals surface area (Å²) in [6.45, 7) is 11.5. The molecule has 0 aromatic rings. The zero-order chi connectivity index (χ0) is 16.6.